The zero-order chi connectivity index (χ0) is 10.8. The molecule has 0 spiro atoms. The van der Waals surface area contributed by atoms with Gasteiger partial charge in [-0.15, -0.1) is 0 Å². The molecule has 0 heterocycles. The van der Waals surface area contributed by atoms with Gasteiger partial charge >= 0.3 is 0 Å². The normalized spacial score (nSPS) is 13.8. The maximum absolute atomic E-state index is 10.7. The Morgan fingerprint density at radius 3 is 2.86 bits per heavy atom. The topological polar surface area (TPSA) is 88.7 Å². The molecule has 0 radical (unpaired) electrons. The van der Waals surface area contributed by atoms with Gasteiger partial charge in [-0.2, -0.15) is 0 Å². The number of ether oxygens (including phenoxy) is 1. The molecule has 0 aliphatic heterocycles. The smallest absolute Gasteiger partial charge is 0.205 e. The summed E-state index contributed by atoms with van der Waals surface area (Å²) in [6.07, 6.45) is 1.65. The van der Waals surface area contributed by atoms with Gasteiger partial charge in [0.2, 0.25) is 5.96 Å². The van der Waals surface area contributed by atoms with E-state index in [1.54, 1.807) is 13.4 Å². The van der Waals surface area contributed by atoms with Crippen LogP contribution >= 0.6 is 0 Å². The highest BCUT2D eigenvalue weighted by Gasteiger charge is 1.95. The Hall–Kier alpha value is -0.660. The molecule has 1 atom stereocenters. The first-order valence-corrected chi connectivity index (χ1v) is 5.97. The predicted molar refractivity (Wildman–Crippen MR) is 58.4 cm³/mol. The molecule has 0 saturated carbocycles. The molecule has 0 saturated heterocycles. The van der Waals surface area contributed by atoms with E-state index in [4.69, 9.17) is 10.6 Å². The average molecular weight is 222 g/mol. The van der Waals surface area contributed by atoms with Crippen LogP contribution in [0.5, 0.6) is 0 Å². The maximum Gasteiger partial charge on any atom is 0.205 e. The summed E-state index contributed by atoms with van der Waals surface area (Å²) in [7, 11) is 0.808. The minimum Gasteiger partial charge on any atom is -0.383 e. The van der Waals surface area contributed by atoms with Crippen LogP contribution in [0.25, 0.3) is 0 Å². The number of nitrogens with two attached hydrogens (primary N) is 1. The molecule has 0 aromatic rings. The maximum atomic E-state index is 10.7. The van der Waals surface area contributed by atoms with Crippen LogP contribution in [0.2, 0.25) is 0 Å². The first-order chi connectivity index (χ1) is 6.70. The summed E-state index contributed by atoms with van der Waals surface area (Å²) in [5, 5.41) is 2.92. The van der Waals surface area contributed by atoms with Crippen molar-refractivity contribution in [3.63, 3.8) is 0 Å². The minimum atomic E-state index is -0.802. The van der Waals surface area contributed by atoms with Gasteiger partial charge in [-0.05, 0) is 0 Å². The van der Waals surface area contributed by atoms with Crippen molar-refractivity contribution in [2.24, 2.45) is 10.8 Å². The minimum absolute atomic E-state index is 0.493. The van der Waals surface area contributed by atoms with Gasteiger partial charge in [0, 0.05) is 36.5 Å². The lowest BCUT2D eigenvalue weighted by Crippen LogP contribution is -2.43. The number of nitrogens with zero attached hydrogens (tertiary/aromatic N) is 1. The molecule has 0 aromatic heterocycles. The number of hydrogen-bond acceptors (Lipinski definition) is 4. The van der Waals surface area contributed by atoms with Crippen molar-refractivity contribution in [2.75, 3.05) is 38.8 Å². The lowest BCUT2D eigenvalue weighted by molar-refractivity contribution is 0.208. The molecule has 0 aromatic carbocycles. The number of guanidine groups is 1. The average Bonchev–Trinajstić information content (AvgIpc) is 2.15. The van der Waals surface area contributed by atoms with Crippen LogP contribution < -0.4 is 16.6 Å². The van der Waals surface area contributed by atoms with E-state index < -0.39 is 10.8 Å². The number of hydrazine groups is 1. The first kappa shape index (κ1) is 13.3. The molecule has 1 unspecified atom stereocenters. The fourth-order valence-electron chi connectivity index (χ4n) is 0.714. The zero-order valence-electron chi connectivity index (χ0n) is 8.58. The molecule has 4 N–H and O–H groups in total. The third kappa shape index (κ3) is 7.96. The number of aliphatic imine (C=N–C) groups is 1. The van der Waals surface area contributed by atoms with E-state index in [0.29, 0.717) is 31.4 Å². The Bertz CT molecular complexity index is 198. The standard InChI is InChI=1S/C7H18N4O2S/c1-13-5-3-9-7(11-8)10-4-6-14(2)12/h3-6,8H2,1-2H3,(H2,9,10,11). The fraction of sp³-hybridized carbons (Fsp3) is 0.857. The quantitative estimate of drug-likeness (QED) is 0.166. The fourth-order valence-corrected chi connectivity index (χ4v) is 1.10. The van der Waals surface area contributed by atoms with Crippen LogP contribution in [0, 0.1) is 0 Å². The van der Waals surface area contributed by atoms with Gasteiger partial charge in [0.25, 0.3) is 0 Å². The Morgan fingerprint density at radius 1 is 1.64 bits per heavy atom. The number of rotatable bonds is 6. The second-order valence-electron chi connectivity index (χ2n) is 2.57. The van der Waals surface area contributed by atoms with Gasteiger partial charge in [0.05, 0.1) is 13.2 Å². The summed E-state index contributed by atoms with van der Waals surface area (Å²) >= 11 is 0. The Labute approximate surface area is 86.7 Å². The van der Waals surface area contributed by atoms with Gasteiger partial charge in [-0.1, -0.05) is 0 Å². The molecule has 7 heteroatoms. The van der Waals surface area contributed by atoms with Crippen LogP contribution in [0.15, 0.2) is 4.99 Å². The van der Waals surface area contributed by atoms with Gasteiger partial charge < -0.3 is 10.1 Å². The summed E-state index contributed by atoms with van der Waals surface area (Å²) < 4.78 is 15.6. The number of hydrogen-bond donors (Lipinski definition) is 3. The molecule has 6 nitrogen and oxygen atoms in total. The Morgan fingerprint density at radius 2 is 2.36 bits per heavy atom. The molecule has 0 aliphatic carbocycles. The summed E-state index contributed by atoms with van der Waals surface area (Å²) in [6.45, 7) is 1.67. The molecule has 0 fully saturated rings. The molecule has 0 amide bonds. The van der Waals surface area contributed by atoms with Crippen LogP contribution in [0.3, 0.4) is 0 Å². The first-order valence-electron chi connectivity index (χ1n) is 4.24. The van der Waals surface area contributed by atoms with E-state index in [-0.39, 0.29) is 0 Å². The van der Waals surface area contributed by atoms with Crippen molar-refractivity contribution >= 4 is 16.8 Å². The van der Waals surface area contributed by atoms with E-state index >= 15 is 0 Å². The number of nitrogens with one attached hydrogen (secondary N) is 2. The van der Waals surface area contributed by atoms with Gasteiger partial charge in [-0.3, -0.25) is 9.63 Å². The van der Waals surface area contributed by atoms with Gasteiger partial charge in [-0.25, -0.2) is 10.8 Å². The second kappa shape index (κ2) is 8.92. The molecule has 84 valence electrons. The summed E-state index contributed by atoms with van der Waals surface area (Å²) in [4.78, 5) is 4.07. The van der Waals surface area contributed by atoms with E-state index in [1.165, 1.54) is 0 Å². The van der Waals surface area contributed by atoms with E-state index in [0.717, 1.165) is 0 Å². The highest BCUT2D eigenvalue weighted by atomic mass is 32.2. The van der Waals surface area contributed by atoms with Crippen LogP contribution in [0.4, 0.5) is 0 Å². The summed E-state index contributed by atoms with van der Waals surface area (Å²) in [6, 6.07) is 0. The molecule has 0 aliphatic rings. The Balaban J connectivity index is 3.66. The largest absolute Gasteiger partial charge is 0.383 e. The van der Waals surface area contributed by atoms with Crippen molar-refractivity contribution in [3.8, 4) is 0 Å². The van der Waals surface area contributed by atoms with E-state index in [1.807, 2.05) is 0 Å². The predicted octanol–water partition coefficient (Wildman–Crippen LogP) is -1.58. The highest BCUT2D eigenvalue weighted by molar-refractivity contribution is 7.84. The monoisotopic (exact) mass is 222 g/mol. The van der Waals surface area contributed by atoms with Crippen molar-refractivity contribution < 1.29 is 8.95 Å². The summed E-state index contributed by atoms with van der Waals surface area (Å²) in [5.74, 6) is 6.28. The van der Waals surface area contributed by atoms with Crippen molar-refractivity contribution in [1.29, 1.82) is 0 Å². The SMILES string of the molecule is COCCN=C(NN)NCCS(C)=O. The second-order valence-corrected chi connectivity index (χ2v) is 4.13. The molecular weight excluding hydrogens is 204 g/mol. The third-order valence-corrected chi connectivity index (χ3v) is 2.16. The third-order valence-electron chi connectivity index (χ3n) is 1.38. The zero-order valence-corrected chi connectivity index (χ0v) is 9.39. The molecule has 0 bridgehead atoms. The lowest BCUT2D eigenvalue weighted by Gasteiger charge is -2.07. The van der Waals surface area contributed by atoms with E-state index in [2.05, 4.69) is 15.7 Å². The molecule has 14 heavy (non-hydrogen) atoms. The van der Waals surface area contributed by atoms with Gasteiger partial charge in [0.1, 0.15) is 0 Å². The Kier molecular flexibility index (Phi) is 8.50. The molecular formula is C7H18N4O2S. The van der Waals surface area contributed by atoms with Crippen LogP contribution in [-0.2, 0) is 15.5 Å². The van der Waals surface area contributed by atoms with Crippen molar-refractivity contribution in [1.82, 2.24) is 10.7 Å². The highest BCUT2D eigenvalue weighted by Crippen LogP contribution is 1.75. The van der Waals surface area contributed by atoms with Gasteiger partial charge in [0.15, 0.2) is 0 Å². The van der Waals surface area contributed by atoms with Crippen molar-refractivity contribution in [2.45, 2.75) is 0 Å². The number of methoxy groups -OCH3 is 1. The summed E-state index contributed by atoms with van der Waals surface area (Å²) in [5.41, 5.74) is 2.42. The van der Waals surface area contributed by atoms with Crippen LogP contribution in [-0.4, -0.2) is 49.0 Å². The lowest BCUT2D eigenvalue weighted by atomic mass is 10.7. The van der Waals surface area contributed by atoms with Crippen LogP contribution in [0.1, 0.15) is 0 Å². The van der Waals surface area contributed by atoms with E-state index in [9.17, 15) is 4.21 Å². The molecule has 0 rings (SSSR count). The van der Waals surface area contributed by atoms with Crippen molar-refractivity contribution in [3.05, 3.63) is 0 Å².